The second kappa shape index (κ2) is 12.4. The van der Waals surface area contributed by atoms with Gasteiger partial charge < -0.3 is 11.5 Å². The highest BCUT2D eigenvalue weighted by Gasteiger charge is 2.48. The van der Waals surface area contributed by atoms with Gasteiger partial charge in [-0.2, -0.15) is 0 Å². The molecule has 0 spiro atoms. The number of nitrogens with two attached hydrogens (primary N) is 2. The van der Waals surface area contributed by atoms with Crippen LogP contribution in [0.25, 0.3) is 0 Å². The first kappa shape index (κ1) is 25.9. The molecule has 0 unspecified atom stereocenters. The fourth-order valence-electron chi connectivity index (χ4n) is 5.44. The summed E-state index contributed by atoms with van der Waals surface area (Å²) in [5.74, 6) is 2.68. The van der Waals surface area contributed by atoms with E-state index in [4.69, 9.17) is 11.5 Å². The second-order valence-corrected chi connectivity index (χ2v) is 10.8. The van der Waals surface area contributed by atoms with E-state index in [1.54, 1.807) is 0 Å². The molecule has 0 aliphatic rings. The van der Waals surface area contributed by atoms with Crippen molar-refractivity contribution >= 4 is 0 Å². The zero-order valence-corrected chi connectivity index (χ0v) is 19.5. The summed E-state index contributed by atoms with van der Waals surface area (Å²) in [6.07, 6.45) is 11.1. The molecule has 0 aromatic rings. The summed E-state index contributed by atoms with van der Waals surface area (Å²) in [7, 11) is 0. The molecule has 158 valence electrons. The largest absolute Gasteiger partial charge is 0.330 e. The monoisotopic (exact) mass is 368 g/mol. The highest BCUT2D eigenvalue weighted by atomic mass is 14.8. The minimum atomic E-state index is -0.0578. The molecule has 2 nitrogen and oxygen atoms in total. The molecule has 0 atom stereocenters. The minimum absolute atomic E-state index is 0.0578. The zero-order valence-electron chi connectivity index (χ0n) is 19.5. The summed E-state index contributed by atoms with van der Waals surface area (Å²) in [6, 6.07) is 0. The average Bonchev–Trinajstić information content (AvgIpc) is 2.43. The summed E-state index contributed by atoms with van der Waals surface area (Å²) in [5, 5.41) is 0. The van der Waals surface area contributed by atoms with E-state index >= 15 is 0 Å². The van der Waals surface area contributed by atoms with Gasteiger partial charge >= 0.3 is 0 Å². The van der Waals surface area contributed by atoms with Gasteiger partial charge in [-0.1, -0.05) is 74.7 Å². The van der Waals surface area contributed by atoms with Crippen molar-refractivity contribution in [1.82, 2.24) is 0 Å². The SMILES string of the molecule is CC(C)CC(N)(CC(C)C)C(CCCCCCN)(CC(C)C)CC(C)C. The topological polar surface area (TPSA) is 52.0 Å². The third kappa shape index (κ3) is 9.22. The summed E-state index contributed by atoms with van der Waals surface area (Å²) < 4.78 is 0. The average molecular weight is 369 g/mol. The molecular weight excluding hydrogens is 316 g/mol. The van der Waals surface area contributed by atoms with Gasteiger partial charge in [0.2, 0.25) is 0 Å². The van der Waals surface area contributed by atoms with Gasteiger partial charge in [0.25, 0.3) is 0 Å². The van der Waals surface area contributed by atoms with Gasteiger partial charge in [0.15, 0.2) is 0 Å². The lowest BCUT2D eigenvalue weighted by molar-refractivity contribution is 0.0194. The van der Waals surface area contributed by atoms with E-state index < -0.39 is 0 Å². The predicted octanol–water partition coefficient (Wildman–Crippen LogP) is 6.76. The van der Waals surface area contributed by atoms with Crippen LogP contribution < -0.4 is 11.5 Å². The lowest BCUT2D eigenvalue weighted by atomic mass is 9.55. The van der Waals surface area contributed by atoms with Crippen molar-refractivity contribution in [3.05, 3.63) is 0 Å². The van der Waals surface area contributed by atoms with E-state index in [2.05, 4.69) is 55.4 Å². The lowest BCUT2D eigenvalue weighted by Gasteiger charge is -2.53. The van der Waals surface area contributed by atoms with Crippen LogP contribution in [-0.2, 0) is 0 Å². The first-order chi connectivity index (χ1) is 12.0. The van der Waals surface area contributed by atoms with Crippen LogP contribution in [0.4, 0.5) is 0 Å². The van der Waals surface area contributed by atoms with E-state index in [9.17, 15) is 0 Å². The Kier molecular flexibility index (Phi) is 12.4. The number of rotatable bonds is 15. The number of hydrogen-bond donors (Lipinski definition) is 2. The van der Waals surface area contributed by atoms with E-state index in [-0.39, 0.29) is 11.0 Å². The van der Waals surface area contributed by atoms with Crippen LogP contribution in [0.15, 0.2) is 0 Å². The van der Waals surface area contributed by atoms with Crippen LogP contribution in [-0.4, -0.2) is 12.1 Å². The zero-order chi connectivity index (χ0) is 20.4. The fourth-order valence-corrected chi connectivity index (χ4v) is 5.44. The van der Waals surface area contributed by atoms with Crippen molar-refractivity contribution in [2.45, 2.75) is 119 Å². The Labute approximate surface area is 166 Å². The molecule has 0 rings (SSSR count). The van der Waals surface area contributed by atoms with E-state index in [1.807, 2.05) is 0 Å². The molecule has 0 fully saturated rings. The van der Waals surface area contributed by atoms with Gasteiger partial charge in [-0.25, -0.2) is 0 Å². The van der Waals surface area contributed by atoms with E-state index in [0.29, 0.717) is 23.7 Å². The Morgan fingerprint density at radius 3 is 1.31 bits per heavy atom. The third-order valence-electron chi connectivity index (χ3n) is 5.81. The van der Waals surface area contributed by atoms with Crippen molar-refractivity contribution in [2.24, 2.45) is 40.6 Å². The predicted molar refractivity (Wildman–Crippen MR) is 119 cm³/mol. The van der Waals surface area contributed by atoms with Crippen molar-refractivity contribution in [3.8, 4) is 0 Å². The molecule has 0 aromatic carbocycles. The Morgan fingerprint density at radius 2 is 0.962 bits per heavy atom. The van der Waals surface area contributed by atoms with Crippen molar-refractivity contribution < 1.29 is 0 Å². The first-order valence-corrected chi connectivity index (χ1v) is 11.5. The van der Waals surface area contributed by atoms with Gasteiger partial charge in [0, 0.05) is 5.54 Å². The molecule has 26 heavy (non-hydrogen) atoms. The minimum Gasteiger partial charge on any atom is -0.330 e. The maximum absolute atomic E-state index is 7.40. The van der Waals surface area contributed by atoms with Gasteiger partial charge in [-0.05, 0) is 74.2 Å². The van der Waals surface area contributed by atoms with Crippen molar-refractivity contribution in [1.29, 1.82) is 0 Å². The molecular formula is C24H52N2. The molecule has 0 aliphatic heterocycles. The molecule has 0 saturated carbocycles. The fraction of sp³-hybridized carbons (Fsp3) is 1.00. The highest BCUT2D eigenvalue weighted by Crippen LogP contribution is 2.51. The standard InChI is InChI=1S/C24H52N2/c1-19(2)15-23(16-20(3)4,13-11-9-10-12-14-25)24(26,17-21(5)6)18-22(7)8/h19-22H,9-18,25-26H2,1-8H3. The van der Waals surface area contributed by atoms with Crippen molar-refractivity contribution in [2.75, 3.05) is 6.54 Å². The second-order valence-electron chi connectivity index (χ2n) is 10.8. The van der Waals surface area contributed by atoms with Crippen LogP contribution in [0.3, 0.4) is 0 Å². The van der Waals surface area contributed by atoms with Gasteiger partial charge in [0.1, 0.15) is 0 Å². The molecule has 0 bridgehead atoms. The molecule has 0 amide bonds. The molecule has 0 aliphatic carbocycles. The molecule has 0 aromatic heterocycles. The van der Waals surface area contributed by atoms with E-state index in [1.165, 1.54) is 38.5 Å². The van der Waals surface area contributed by atoms with Crippen LogP contribution in [0.1, 0.15) is 113 Å². The quantitative estimate of drug-likeness (QED) is 0.313. The smallest absolute Gasteiger partial charge is 0.0216 e. The Balaban J connectivity index is 5.73. The van der Waals surface area contributed by atoms with E-state index in [0.717, 1.165) is 25.8 Å². The van der Waals surface area contributed by atoms with Crippen LogP contribution in [0.2, 0.25) is 0 Å². The first-order valence-electron chi connectivity index (χ1n) is 11.5. The molecule has 0 saturated heterocycles. The normalized spacial score (nSPS) is 13.6. The Hall–Kier alpha value is -0.0800. The van der Waals surface area contributed by atoms with Crippen LogP contribution in [0, 0.1) is 29.1 Å². The van der Waals surface area contributed by atoms with Gasteiger partial charge in [-0.15, -0.1) is 0 Å². The lowest BCUT2D eigenvalue weighted by Crippen LogP contribution is -2.58. The van der Waals surface area contributed by atoms with Crippen molar-refractivity contribution in [3.63, 3.8) is 0 Å². The molecule has 0 radical (unpaired) electrons. The molecule has 4 N–H and O–H groups in total. The summed E-state index contributed by atoms with van der Waals surface area (Å²) >= 11 is 0. The number of hydrogen-bond acceptors (Lipinski definition) is 2. The van der Waals surface area contributed by atoms with Gasteiger partial charge in [0.05, 0.1) is 0 Å². The maximum Gasteiger partial charge on any atom is 0.0216 e. The third-order valence-corrected chi connectivity index (χ3v) is 5.81. The Bertz CT molecular complexity index is 324. The van der Waals surface area contributed by atoms with Crippen LogP contribution in [0.5, 0.6) is 0 Å². The van der Waals surface area contributed by atoms with Gasteiger partial charge in [-0.3, -0.25) is 0 Å². The molecule has 2 heteroatoms. The highest BCUT2D eigenvalue weighted by molar-refractivity contribution is 5.04. The van der Waals surface area contributed by atoms with Crippen LogP contribution >= 0.6 is 0 Å². The summed E-state index contributed by atoms with van der Waals surface area (Å²) in [6.45, 7) is 19.7. The molecule has 0 heterocycles. The summed E-state index contributed by atoms with van der Waals surface area (Å²) in [5.41, 5.74) is 13.3. The summed E-state index contributed by atoms with van der Waals surface area (Å²) in [4.78, 5) is 0. The number of unbranched alkanes of at least 4 members (excludes halogenated alkanes) is 3. The maximum atomic E-state index is 7.40. The Morgan fingerprint density at radius 1 is 0.577 bits per heavy atom.